The molecule has 0 radical (unpaired) electrons. The molecule has 0 atom stereocenters. The Bertz CT molecular complexity index is 436. The highest BCUT2D eigenvalue weighted by Gasteiger charge is 2.08. The van der Waals surface area contributed by atoms with Crippen LogP contribution < -0.4 is 5.73 Å². The highest BCUT2D eigenvalue weighted by molar-refractivity contribution is 5.92. The zero-order chi connectivity index (χ0) is 17.3. The molecule has 1 aliphatic rings. The second kappa shape index (κ2) is 9.39. The summed E-state index contributed by atoms with van der Waals surface area (Å²) in [7, 11) is 0. The molecule has 0 saturated carbocycles. The lowest BCUT2D eigenvalue weighted by Crippen LogP contribution is -2.36. The molecule has 0 aromatic rings. The molecule has 0 fully saturated rings. The molecule has 1 aliphatic heterocycles. The zero-order valence-electron chi connectivity index (χ0n) is 15.1. The van der Waals surface area contributed by atoms with Crippen LogP contribution in [0.15, 0.2) is 17.3 Å². The van der Waals surface area contributed by atoms with E-state index in [1.165, 1.54) is 0 Å². The lowest BCUT2D eigenvalue weighted by atomic mass is 10.1. The second-order valence-corrected chi connectivity index (χ2v) is 5.06. The normalized spacial score (nSPS) is 24.1. The lowest BCUT2D eigenvalue weighted by molar-refractivity contribution is -0.117. The Labute approximate surface area is 126 Å². The van der Waals surface area contributed by atoms with E-state index in [-0.39, 0.29) is 18.9 Å². The molecule has 1 rings (SSSR count). The number of rotatable bonds is 0. The number of hydrogen-bond acceptors (Lipinski definition) is 4. The van der Waals surface area contributed by atoms with Gasteiger partial charge < -0.3 is 15.4 Å². The first-order valence-corrected chi connectivity index (χ1v) is 7.26. The molecule has 5 heteroatoms. The van der Waals surface area contributed by atoms with E-state index < -0.39 is 12.9 Å². The molecule has 0 aromatic carbocycles. The van der Waals surface area contributed by atoms with Crippen LogP contribution in [0.2, 0.25) is 0 Å². The van der Waals surface area contributed by atoms with Gasteiger partial charge in [-0.2, -0.15) is 4.99 Å². The standard InChI is InChI=1S/C15H27N3O2/c1-13-12-18(2)15(16)17-14(19)10-8-6-4-3-5-7-9-11-20-13/h1,3-12H2,2H3,(H2,16,17,19)/i2D3. The van der Waals surface area contributed by atoms with Gasteiger partial charge in [-0.15, -0.1) is 0 Å². The largest absolute Gasteiger partial charge is 0.497 e. The number of guanidine groups is 1. The van der Waals surface area contributed by atoms with Crippen LogP contribution in [0.5, 0.6) is 0 Å². The molecular formula is C15H27N3O2. The monoisotopic (exact) mass is 284 g/mol. The van der Waals surface area contributed by atoms with Gasteiger partial charge in [0.25, 0.3) is 0 Å². The average Bonchev–Trinajstić information content (AvgIpc) is 2.44. The fraction of sp³-hybridized carbons (Fsp3) is 0.733. The van der Waals surface area contributed by atoms with Gasteiger partial charge in [0.15, 0.2) is 5.96 Å². The summed E-state index contributed by atoms with van der Waals surface area (Å²) < 4.78 is 28.1. The summed E-state index contributed by atoms with van der Waals surface area (Å²) in [5, 5.41) is 0. The van der Waals surface area contributed by atoms with E-state index in [1.807, 2.05) is 0 Å². The maximum absolute atomic E-state index is 11.8. The average molecular weight is 284 g/mol. The summed E-state index contributed by atoms with van der Waals surface area (Å²) in [5.41, 5.74) is 5.72. The van der Waals surface area contributed by atoms with E-state index >= 15 is 0 Å². The molecule has 2 N–H and O–H groups in total. The minimum atomic E-state index is -2.51. The van der Waals surface area contributed by atoms with Gasteiger partial charge in [-0.25, -0.2) is 0 Å². The number of ether oxygens (including phenoxy) is 1. The first kappa shape index (κ1) is 12.2. The molecule has 0 bridgehead atoms. The van der Waals surface area contributed by atoms with Gasteiger partial charge >= 0.3 is 0 Å². The van der Waals surface area contributed by atoms with Crippen LogP contribution in [0, 0.1) is 0 Å². The van der Waals surface area contributed by atoms with Crippen molar-refractivity contribution in [3.05, 3.63) is 12.3 Å². The molecule has 0 spiro atoms. The van der Waals surface area contributed by atoms with Crippen LogP contribution >= 0.6 is 0 Å². The van der Waals surface area contributed by atoms with Crippen molar-refractivity contribution in [3.8, 4) is 0 Å². The minimum Gasteiger partial charge on any atom is -0.497 e. The maximum atomic E-state index is 11.8. The third kappa shape index (κ3) is 7.16. The predicted octanol–water partition coefficient (Wildman–Crippen LogP) is 2.42. The summed E-state index contributed by atoms with van der Waals surface area (Å²) >= 11 is 0. The van der Waals surface area contributed by atoms with Crippen LogP contribution in [0.1, 0.15) is 55.5 Å². The Morgan fingerprint density at radius 2 is 1.90 bits per heavy atom. The summed E-state index contributed by atoms with van der Waals surface area (Å²) in [6.07, 6.45) is 7.35. The molecule has 0 aromatic heterocycles. The third-order valence-corrected chi connectivity index (χ3v) is 3.19. The van der Waals surface area contributed by atoms with Gasteiger partial charge in [0.1, 0.15) is 5.76 Å². The van der Waals surface area contributed by atoms with Crippen molar-refractivity contribution in [2.75, 3.05) is 20.1 Å². The van der Waals surface area contributed by atoms with E-state index in [9.17, 15) is 4.79 Å². The van der Waals surface area contributed by atoms with Crippen molar-refractivity contribution in [2.24, 2.45) is 10.7 Å². The molecule has 1 heterocycles. The number of nitrogens with zero attached hydrogens (tertiary/aromatic N) is 2. The number of likely N-dealkylation sites (N-methyl/N-ethyl adjacent to an activating group) is 1. The molecule has 0 saturated heterocycles. The first-order valence-electron chi connectivity index (χ1n) is 8.76. The van der Waals surface area contributed by atoms with Crippen LogP contribution in [-0.2, 0) is 9.53 Å². The molecular weight excluding hydrogens is 254 g/mol. The van der Waals surface area contributed by atoms with Crippen molar-refractivity contribution in [1.29, 1.82) is 0 Å². The summed E-state index contributed by atoms with van der Waals surface area (Å²) in [6, 6.07) is 0. The minimum absolute atomic E-state index is 0.112. The van der Waals surface area contributed by atoms with Crippen molar-refractivity contribution < 1.29 is 13.6 Å². The number of carbonyl (C=O) groups is 1. The van der Waals surface area contributed by atoms with Crippen molar-refractivity contribution in [2.45, 2.75) is 51.4 Å². The smallest absolute Gasteiger partial charge is 0.248 e. The summed E-state index contributed by atoms with van der Waals surface area (Å²) in [5.74, 6) is -0.402. The lowest BCUT2D eigenvalue weighted by Gasteiger charge is -2.19. The van der Waals surface area contributed by atoms with E-state index in [0.717, 1.165) is 49.8 Å². The fourth-order valence-corrected chi connectivity index (χ4v) is 2.03. The molecule has 0 unspecified atom stereocenters. The Hall–Kier alpha value is -1.52. The first-order chi connectivity index (χ1) is 10.8. The molecule has 1 amide bonds. The third-order valence-electron chi connectivity index (χ3n) is 3.19. The maximum Gasteiger partial charge on any atom is 0.248 e. The Morgan fingerprint density at radius 1 is 1.25 bits per heavy atom. The quantitative estimate of drug-likeness (QED) is 0.742. The van der Waals surface area contributed by atoms with Crippen molar-refractivity contribution in [3.63, 3.8) is 0 Å². The Balaban J connectivity index is 2.81. The van der Waals surface area contributed by atoms with Gasteiger partial charge in [-0.3, -0.25) is 4.79 Å². The second-order valence-electron chi connectivity index (χ2n) is 5.06. The van der Waals surface area contributed by atoms with Gasteiger partial charge in [0.2, 0.25) is 5.91 Å². The van der Waals surface area contributed by atoms with Gasteiger partial charge in [0.05, 0.1) is 13.2 Å². The van der Waals surface area contributed by atoms with Crippen LogP contribution in [0.4, 0.5) is 0 Å². The van der Waals surface area contributed by atoms with Gasteiger partial charge in [-0.1, -0.05) is 38.7 Å². The number of carbonyl (C=O) groups excluding carboxylic acids is 1. The number of hydrogen-bond donors (Lipinski definition) is 1. The van der Waals surface area contributed by atoms with Gasteiger partial charge in [0, 0.05) is 17.5 Å². The van der Waals surface area contributed by atoms with E-state index in [2.05, 4.69) is 11.6 Å². The Morgan fingerprint density at radius 3 is 2.60 bits per heavy atom. The number of aliphatic imine (C=N–C) groups is 1. The van der Waals surface area contributed by atoms with Crippen molar-refractivity contribution in [1.82, 2.24) is 4.90 Å². The molecule has 20 heavy (non-hydrogen) atoms. The predicted molar refractivity (Wildman–Crippen MR) is 81.3 cm³/mol. The van der Waals surface area contributed by atoms with Crippen molar-refractivity contribution >= 4 is 11.9 Å². The SMILES string of the molecule is [2H]C([2H])([2H])N1CC(=C)OCCCCCCCCCC(=O)N=C1N. The number of amides is 1. The Kier molecular flexibility index (Phi) is 5.75. The topological polar surface area (TPSA) is 67.9 Å². The van der Waals surface area contributed by atoms with E-state index in [0.29, 0.717) is 12.4 Å². The summed E-state index contributed by atoms with van der Waals surface area (Å²) in [4.78, 5) is 16.4. The fourth-order valence-electron chi connectivity index (χ4n) is 2.03. The molecule has 114 valence electrons. The van der Waals surface area contributed by atoms with Crippen LogP contribution in [-0.4, -0.2) is 36.9 Å². The highest BCUT2D eigenvalue weighted by Crippen LogP contribution is 2.10. The molecule has 5 nitrogen and oxygen atoms in total. The highest BCUT2D eigenvalue weighted by atomic mass is 16.5. The van der Waals surface area contributed by atoms with Crippen LogP contribution in [0.3, 0.4) is 0 Å². The van der Waals surface area contributed by atoms with Gasteiger partial charge in [-0.05, 0) is 12.8 Å². The zero-order valence-corrected chi connectivity index (χ0v) is 12.1. The summed E-state index contributed by atoms with van der Waals surface area (Å²) in [6.45, 7) is 1.61. The van der Waals surface area contributed by atoms with E-state index in [1.54, 1.807) is 0 Å². The number of nitrogens with two attached hydrogens (primary N) is 1. The van der Waals surface area contributed by atoms with Crippen LogP contribution in [0.25, 0.3) is 0 Å². The molecule has 0 aliphatic carbocycles. The van der Waals surface area contributed by atoms with E-state index in [4.69, 9.17) is 14.6 Å².